The van der Waals surface area contributed by atoms with Gasteiger partial charge in [0.15, 0.2) is 0 Å². The molecule has 1 heterocycles. The Balaban J connectivity index is 2.43. The second-order valence-corrected chi connectivity index (χ2v) is 4.36. The van der Waals surface area contributed by atoms with Gasteiger partial charge in [0, 0.05) is 6.04 Å². The van der Waals surface area contributed by atoms with Gasteiger partial charge in [-0.25, -0.2) is 0 Å². The molecule has 0 aromatic carbocycles. The lowest BCUT2D eigenvalue weighted by atomic mass is 10.0. The molecule has 9 heteroatoms. The molecule has 0 bridgehead atoms. The van der Waals surface area contributed by atoms with Gasteiger partial charge in [0.1, 0.15) is 6.54 Å². The minimum Gasteiger partial charge on any atom is -0.481 e. The Hall–Kier alpha value is -1.35. The number of aliphatic carboxylic acids is 1. The van der Waals surface area contributed by atoms with E-state index in [2.05, 4.69) is 0 Å². The molecule has 2 N–H and O–H groups in total. The number of carbonyl (C=O) groups excluding carboxylic acids is 1. The predicted octanol–water partition coefficient (Wildman–Crippen LogP) is -0.304. The van der Waals surface area contributed by atoms with E-state index in [-0.39, 0.29) is 19.8 Å². The minimum absolute atomic E-state index is 0.0362. The van der Waals surface area contributed by atoms with Gasteiger partial charge < -0.3 is 15.2 Å². The maximum Gasteiger partial charge on any atom is 0.405 e. The monoisotopic (exact) mass is 284 g/mol. The van der Waals surface area contributed by atoms with E-state index in [4.69, 9.17) is 9.84 Å². The molecular formula is C10H15F3N2O4. The molecule has 19 heavy (non-hydrogen) atoms. The van der Waals surface area contributed by atoms with Gasteiger partial charge in [-0.1, -0.05) is 0 Å². The number of carbonyl (C=O) groups is 2. The number of likely N-dealkylation sites (N-methyl/N-ethyl adjacent to an activating group) is 1. The number of hydrogen-bond acceptors (Lipinski definition) is 4. The lowest BCUT2D eigenvalue weighted by Crippen LogP contribution is -2.46. The van der Waals surface area contributed by atoms with Crippen molar-refractivity contribution in [2.45, 2.75) is 12.2 Å². The molecule has 1 fully saturated rings. The molecule has 1 rings (SSSR count). The second-order valence-electron chi connectivity index (χ2n) is 4.36. The highest BCUT2D eigenvalue weighted by atomic mass is 19.4. The second kappa shape index (κ2) is 6.20. The van der Waals surface area contributed by atoms with Crippen molar-refractivity contribution in [3.05, 3.63) is 0 Å². The third-order valence-corrected chi connectivity index (χ3v) is 2.81. The standard InChI is InChI=1S/C10H15F3N2O4/c1-15(2-8(16)14-5-10(11,12)13)7-4-19-3-6(7)9(17)18/h6-7H,2-5H2,1H3,(H,14,16)(H,17,18). The van der Waals surface area contributed by atoms with E-state index in [0.29, 0.717) is 0 Å². The normalized spacial score (nSPS) is 23.6. The topological polar surface area (TPSA) is 78.9 Å². The van der Waals surface area contributed by atoms with Gasteiger partial charge in [0.05, 0.1) is 25.7 Å². The van der Waals surface area contributed by atoms with Crippen LogP contribution in [0, 0.1) is 5.92 Å². The van der Waals surface area contributed by atoms with Gasteiger partial charge in [-0.3, -0.25) is 14.5 Å². The van der Waals surface area contributed by atoms with Crippen molar-refractivity contribution < 1.29 is 32.6 Å². The number of hydrogen-bond donors (Lipinski definition) is 2. The number of halogens is 3. The Kier molecular flexibility index (Phi) is 5.12. The molecule has 0 radical (unpaired) electrons. The summed E-state index contributed by atoms with van der Waals surface area (Å²) < 4.78 is 40.7. The van der Waals surface area contributed by atoms with Crippen LogP contribution in [0.2, 0.25) is 0 Å². The zero-order chi connectivity index (χ0) is 14.6. The van der Waals surface area contributed by atoms with E-state index in [1.54, 1.807) is 5.32 Å². The molecule has 1 amide bonds. The highest BCUT2D eigenvalue weighted by Gasteiger charge is 2.37. The molecule has 0 aliphatic carbocycles. The first kappa shape index (κ1) is 15.7. The molecule has 1 aliphatic rings. The van der Waals surface area contributed by atoms with Crippen LogP contribution < -0.4 is 5.32 Å². The Bertz CT molecular complexity index is 348. The fraction of sp³-hybridized carbons (Fsp3) is 0.800. The third kappa shape index (κ3) is 5.03. The van der Waals surface area contributed by atoms with Crippen molar-refractivity contribution in [1.29, 1.82) is 0 Å². The Labute approximate surface area is 107 Å². The van der Waals surface area contributed by atoms with Crippen molar-refractivity contribution in [1.82, 2.24) is 10.2 Å². The molecule has 1 saturated heterocycles. The van der Waals surface area contributed by atoms with Crippen molar-refractivity contribution in [2.75, 3.05) is 33.4 Å². The van der Waals surface area contributed by atoms with E-state index in [9.17, 15) is 22.8 Å². The Morgan fingerprint density at radius 1 is 1.42 bits per heavy atom. The highest BCUT2D eigenvalue weighted by Crippen LogP contribution is 2.18. The van der Waals surface area contributed by atoms with Crippen LogP contribution in [0.4, 0.5) is 13.2 Å². The number of nitrogens with one attached hydrogen (secondary N) is 1. The summed E-state index contributed by atoms with van der Waals surface area (Å²) in [6.07, 6.45) is -4.46. The Morgan fingerprint density at radius 3 is 2.58 bits per heavy atom. The van der Waals surface area contributed by atoms with Crippen LogP contribution in [0.5, 0.6) is 0 Å². The van der Waals surface area contributed by atoms with Crippen LogP contribution in [0.3, 0.4) is 0 Å². The summed E-state index contributed by atoms with van der Waals surface area (Å²) in [6, 6.07) is -0.519. The van der Waals surface area contributed by atoms with E-state index in [1.807, 2.05) is 0 Å². The molecule has 2 atom stereocenters. The quantitative estimate of drug-likeness (QED) is 0.724. The van der Waals surface area contributed by atoms with Crippen molar-refractivity contribution in [3.8, 4) is 0 Å². The first-order valence-corrected chi connectivity index (χ1v) is 5.55. The number of carboxylic acid groups (broad SMARTS) is 1. The number of nitrogens with zero attached hydrogens (tertiary/aromatic N) is 1. The van der Waals surface area contributed by atoms with Crippen LogP contribution in [-0.4, -0.2) is 67.5 Å². The van der Waals surface area contributed by atoms with Crippen molar-refractivity contribution in [2.24, 2.45) is 5.92 Å². The predicted molar refractivity (Wildman–Crippen MR) is 57.4 cm³/mol. The molecule has 0 aromatic rings. The number of rotatable bonds is 5. The van der Waals surface area contributed by atoms with E-state index < -0.39 is 36.6 Å². The summed E-state index contributed by atoms with van der Waals surface area (Å²) >= 11 is 0. The molecule has 0 aromatic heterocycles. The lowest BCUT2D eigenvalue weighted by molar-refractivity contribution is -0.144. The number of ether oxygens (including phenoxy) is 1. The van der Waals surface area contributed by atoms with Gasteiger partial charge in [0.25, 0.3) is 0 Å². The third-order valence-electron chi connectivity index (χ3n) is 2.81. The van der Waals surface area contributed by atoms with E-state index >= 15 is 0 Å². The highest BCUT2D eigenvalue weighted by molar-refractivity contribution is 5.78. The number of amides is 1. The van der Waals surface area contributed by atoms with E-state index in [1.165, 1.54) is 11.9 Å². The van der Waals surface area contributed by atoms with Gasteiger partial charge in [-0.15, -0.1) is 0 Å². The van der Waals surface area contributed by atoms with Gasteiger partial charge in [-0.05, 0) is 7.05 Å². The zero-order valence-electron chi connectivity index (χ0n) is 10.2. The maximum absolute atomic E-state index is 11.9. The summed E-state index contributed by atoms with van der Waals surface area (Å²) in [7, 11) is 1.47. The van der Waals surface area contributed by atoms with Crippen LogP contribution in [0.15, 0.2) is 0 Å². The van der Waals surface area contributed by atoms with Crippen LogP contribution in [0.25, 0.3) is 0 Å². The lowest BCUT2D eigenvalue weighted by Gasteiger charge is -2.25. The SMILES string of the molecule is CN(CC(=O)NCC(F)(F)F)C1COCC1C(=O)O. The van der Waals surface area contributed by atoms with E-state index in [0.717, 1.165) is 0 Å². The minimum atomic E-state index is -4.46. The van der Waals surface area contributed by atoms with Gasteiger partial charge in [-0.2, -0.15) is 13.2 Å². The first-order valence-electron chi connectivity index (χ1n) is 5.55. The number of carboxylic acids is 1. The molecule has 110 valence electrons. The van der Waals surface area contributed by atoms with Gasteiger partial charge >= 0.3 is 12.1 Å². The van der Waals surface area contributed by atoms with Crippen LogP contribution in [0.1, 0.15) is 0 Å². The maximum atomic E-state index is 11.9. The van der Waals surface area contributed by atoms with Crippen LogP contribution >= 0.6 is 0 Å². The smallest absolute Gasteiger partial charge is 0.405 e. The van der Waals surface area contributed by atoms with Crippen molar-refractivity contribution in [3.63, 3.8) is 0 Å². The molecule has 0 spiro atoms. The largest absolute Gasteiger partial charge is 0.481 e. The zero-order valence-corrected chi connectivity index (χ0v) is 10.2. The summed E-state index contributed by atoms with van der Waals surface area (Å²) in [5, 5.41) is 10.6. The van der Waals surface area contributed by atoms with Crippen LogP contribution in [-0.2, 0) is 14.3 Å². The molecule has 0 saturated carbocycles. The molecule has 2 unspecified atom stereocenters. The Morgan fingerprint density at radius 2 is 2.05 bits per heavy atom. The molecule has 6 nitrogen and oxygen atoms in total. The number of alkyl halides is 3. The fourth-order valence-corrected chi connectivity index (χ4v) is 1.81. The summed E-state index contributed by atoms with van der Waals surface area (Å²) in [5.74, 6) is -2.64. The molecular weight excluding hydrogens is 269 g/mol. The summed E-state index contributed by atoms with van der Waals surface area (Å²) in [6.45, 7) is -1.54. The summed E-state index contributed by atoms with van der Waals surface area (Å²) in [4.78, 5) is 23.6. The van der Waals surface area contributed by atoms with Gasteiger partial charge in [0.2, 0.25) is 5.91 Å². The van der Waals surface area contributed by atoms with Crippen molar-refractivity contribution >= 4 is 11.9 Å². The first-order chi connectivity index (χ1) is 8.70. The fourth-order valence-electron chi connectivity index (χ4n) is 1.81. The average Bonchev–Trinajstić information content (AvgIpc) is 2.74. The average molecular weight is 284 g/mol. The molecule has 1 aliphatic heterocycles. The summed E-state index contributed by atoms with van der Waals surface area (Å²) in [5.41, 5.74) is 0.